The average Bonchev–Trinajstić information content (AvgIpc) is 2.88. The zero-order chi connectivity index (χ0) is 15.5. The van der Waals surface area contributed by atoms with E-state index in [1.54, 1.807) is 29.6 Å². The quantitative estimate of drug-likeness (QED) is 0.834. The lowest BCUT2D eigenvalue weighted by atomic mass is 9.88. The molecule has 1 fully saturated rings. The molecule has 0 aliphatic heterocycles. The van der Waals surface area contributed by atoms with E-state index in [0.29, 0.717) is 12.2 Å². The van der Waals surface area contributed by atoms with Gasteiger partial charge in [0.25, 0.3) is 0 Å². The maximum atomic E-state index is 12.4. The van der Waals surface area contributed by atoms with E-state index >= 15 is 0 Å². The van der Waals surface area contributed by atoms with Crippen LogP contribution < -0.4 is 4.72 Å². The third-order valence-electron chi connectivity index (χ3n) is 4.34. The van der Waals surface area contributed by atoms with Gasteiger partial charge in [-0.15, -0.1) is 0 Å². The summed E-state index contributed by atoms with van der Waals surface area (Å²) in [5, 5.41) is 9.17. The Morgan fingerprint density at radius 3 is 2.57 bits per heavy atom. The summed E-state index contributed by atoms with van der Waals surface area (Å²) in [6, 6.07) is 1.52. The SMILES string of the molecule is CSC1(CNS(=O)(=O)c2cc(CO)n(C)c2)CCCCC1. The lowest BCUT2D eigenvalue weighted by Gasteiger charge is -2.35. The summed E-state index contributed by atoms with van der Waals surface area (Å²) in [7, 11) is -1.78. The molecule has 0 amide bonds. The molecule has 0 bridgehead atoms. The molecule has 0 unspecified atom stereocenters. The van der Waals surface area contributed by atoms with Gasteiger partial charge in [0.2, 0.25) is 10.0 Å². The second kappa shape index (κ2) is 6.73. The van der Waals surface area contributed by atoms with Gasteiger partial charge in [-0.3, -0.25) is 0 Å². The normalized spacial score (nSPS) is 18.8. The third-order valence-corrected chi connectivity index (χ3v) is 7.12. The molecule has 0 aromatic carbocycles. The molecule has 0 radical (unpaired) electrons. The van der Waals surface area contributed by atoms with Crippen LogP contribution in [0.5, 0.6) is 0 Å². The van der Waals surface area contributed by atoms with Crippen molar-refractivity contribution in [1.29, 1.82) is 0 Å². The van der Waals surface area contributed by atoms with Crippen LogP contribution in [0.4, 0.5) is 0 Å². The minimum absolute atomic E-state index is 0.0277. The summed E-state index contributed by atoms with van der Waals surface area (Å²) >= 11 is 1.77. The molecule has 5 nitrogen and oxygen atoms in total. The number of nitrogens with one attached hydrogen (secondary N) is 1. The van der Waals surface area contributed by atoms with Crippen LogP contribution in [-0.2, 0) is 23.7 Å². The van der Waals surface area contributed by atoms with Gasteiger partial charge < -0.3 is 9.67 Å². The summed E-state index contributed by atoms with van der Waals surface area (Å²) in [5.41, 5.74) is 0.590. The van der Waals surface area contributed by atoms with Gasteiger partial charge in [-0.05, 0) is 25.2 Å². The Labute approximate surface area is 131 Å². The highest BCUT2D eigenvalue weighted by atomic mass is 32.2. The molecular weight excluding hydrogens is 308 g/mol. The minimum Gasteiger partial charge on any atom is -0.390 e. The maximum absolute atomic E-state index is 12.4. The van der Waals surface area contributed by atoms with E-state index in [2.05, 4.69) is 11.0 Å². The zero-order valence-electron chi connectivity index (χ0n) is 12.6. The highest BCUT2D eigenvalue weighted by Gasteiger charge is 2.32. The molecule has 0 spiro atoms. The first kappa shape index (κ1) is 16.9. The number of aryl methyl sites for hydroxylation is 1. The highest BCUT2D eigenvalue weighted by Crippen LogP contribution is 2.38. The molecule has 0 saturated heterocycles. The summed E-state index contributed by atoms with van der Waals surface area (Å²) < 4.78 is 29.2. The molecule has 0 atom stereocenters. The summed E-state index contributed by atoms with van der Waals surface area (Å²) in [6.45, 7) is 0.306. The molecule has 1 heterocycles. The topological polar surface area (TPSA) is 71.3 Å². The number of aromatic nitrogens is 1. The monoisotopic (exact) mass is 332 g/mol. The highest BCUT2D eigenvalue weighted by molar-refractivity contribution is 8.00. The largest absolute Gasteiger partial charge is 0.390 e. The Kier molecular flexibility index (Phi) is 5.40. The zero-order valence-corrected chi connectivity index (χ0v) is 14.3. The first-order valence-corrected chi connectivity index (χ1v) is 9.94. The number of sulfonamides is 1. The Morgan fingerprint density at radius 1 is 1.38 bits per heavy atom. The van der Waals surface area contributed by atoms with Crippen LogP contribution in [-0.4, -0.2) is 35.6 Å². The molecule has 1 aliphatic rings. The van der Waals surface area contributed by atoms with Gasteiger partial charge in [-0.2, -0.15) is 11.8 Å². The summed E-state index contributed by atoms with van der Waals surface area (Å²) in [6.07, 6.45) is 9.31. The van der Waals surface area contributed by atoms with Gasteiger partial charge in [0.05, 0.1) is 11.5 Å². The van der Waals surface area contributed by atoms with Crippen molar-refractivity contribution in [1.82, 2.24) is 9.29 Å². The van der Waals surface area contributed by atoms with Crippen LogP contribution in [0.3, 0.4) is 0 Å². The second-order valence-corrected chi connectivity index (χ2v) is 8.75. The van der Waals surface area contributed by atoms with Crippen LogP contribution in [0.1, 0.15) is 37.8 Å². The van der Waals surface area contributed by atoms with Crippen molar-refractivity contribution in [2.45, 2.75) is 48.4 Å². The van der Waals surface area contributed by atoms with Crippen molar-refractivity contribution in [3.05, 3.63) is 18.0 Å². The first-order chi connectivity index (χ1) is 9.92. The fourth-order valence-corrected chi connectivity index (χ4v) is 5.07. The Hall–Kier alpha value is -0.500. The van der Waals surface area contributed by atoms with Gasteiger partial charge in [0, 0.05) is 30.2 Å². The van der Waals surface area contributed by atoms with E-state index in [4.69, 9.17) is 0 Å². The van der Waals surface area contributed by atoms with Crippen molar-refractivity contribution in [3.63, 3.8) is 0 Å². The number of nitrogens with zero attached hydrogens (tertiary/aromatic N) is 1. The van der Waals surface area contributed by atoms with E-state index in [-0.39, 0.29) is 16.2 Å². The van der Waals surface area contributed by atoms with E-state index in [1.165, 1.54) is 25.3 Å². The maximum Gasteiger partial charge on any atom is 0.242 e. The van der Waals surface area contributed by atoms with Crippen LogP contribution in [0, 0.1) is 0 Å². The molecular formula is C14H24N2O3S2. The molecule has 1 aliphatic carbocycles. The lowest BCUT2D eigenvalue weighted by Crippen LogP contribution is -2.41. The molecule has 7 heteroatoms. The summed E-state index contributed by atoms with van der Waals surface area (Å²) in [5.74, 6) is 0. The molecule has 1 saturated carbocycles. The Bertz CT molecular complexity index is 575. The molecule has 120 valence electrons. The van der Waals surface area contributed by atoms with E-state index in [0.717, 1.165) is 12.8 Å². The van der Waals surface area contributed by atoms with Crippen LogP contribution in [0.2, 0.25) is 0 Å². The van der Waals surface area contributed by atoms with Crippen molar-refractivity contribution < 1.29 is 13.5 Å². The minimum atomic E-state index is -3.51. The standard InChI is InChI=1S/C14H24N2O3S2/c1-16-9-13(8-12(16)10-17)21(18,19)15-11-14(20-2)6-4-3-5-7-14/h8-9,15,17H,3-7,10-11H2,1-2H3. The Morgan fingerprint density at radius 2 is 2.05 bits per heavy atom. The molecule has 21 heavy (non-hydrogen) atoms. The molecule has 2 rings (SSSR count). The van der Waals surface area contributed by atoms with Crippen LogP contribution in [0.15, 0.2) is 17.2 Å². The van der Waals surface area contributed by atoms with E-state index in [9.17, 15) is 13.5 Å². The van der Waals surface area contributed by atoms with Gasteiger partial charge in [0.1, 0.15) is 0 Å². The van der Waals surface area contributed by atoms with Crippen molar-refractivity contribution in [3.8, 4) is 0 Å². The lowest BCUT2D eigenvalue weighted by molar-refractivity contribution is 0.272. The average molecular weight is 332 g/mol. The number of hydrogen-bond acceptors (Lipinski definition) is 4. The third kappa shape index (κ3) is 3.83. The van der Waals surface area contributed by atoms with Crippen molar-refractivity contribution in [2.75, 3.05) is 12.8 Å². The number of hydrogen-bond donors (Lipinski definition) is 2. The van der Waals surface area contributed by atoms with Gasteiger partial charge >= 0.3 is 0 Å². The predicted octanol–water partition coefficient (Wildman–Crippen LogP) is 1.86. The fraction of sp³-hybridized carbons (Fsp3) is 0.714. The number of rotatable bonds is 6. The number of aliphatic hydroxyl groups is 1. The molecule has 2 N–H and O–H groups in total. The smallest absolute Gasteiger partial charge is 0.242 e. The fourth-order valence-electron chi connectivity index (χ4n) is 2.84. The van der Waals surface area contributed by atoms with E-state index in [1.807, 2.05) is 0 Å². The number of aliphatic hydroxyl groups excluding tert-OH is 1. The first-order valence-electron chi connectivity index (χ1n) is 7.23. The van der Waals surface area contributed by atoms with Crippen LogP contribution >= 0.6 is 11.8 Å². The van der Waals surface area contributed by atoms with Gasteiger partial charge in [0.15, 0.2) is 0 Å². The second-order valence-electron chi connectivity index (χ2n) is 5.71. The van der Waals surface area contributed by atoms with E-state index < -0.39 is 10.0 Å². The summed E-state index contributed by atoms with van der Waals surface area (Å²) in [4.78, 5) is 0.223. The molecule has 1 aromatic rings. The van der Waals surface area contributed by atoms with Crippen molar-refractivity contribution in [2.24, 2.45) is 7.05 Å². The van der Waals surface area contributed by atoms with Crippen molar-refractivity contribution >= 4 is 21.8 Å². The number of thioether (sulfide) groups is 1. The van der Waals surface area contributed by atoms with Gasteiger partial charge in [-0.25, -0.2) is 13.1 Å². The predicted molar refractivity (Wildman–Crippen MR) is 85.9 cm³/mol. The molecule has 1 aromatic heterocycles. The van der Waals surface area contributed by atoms with Crippen LogP contribution in [0.25, 0.3) is 0 Å². The Balaban J connectivity index is 2.09. The van der Waals surface area contributed by atoms with Gasteiger partial charge in [-0.1, -0.05) is 19.3 Å².